The summed E-state index contributed by atoms with van der Waals surface area (Å²) in [6, 6.07) is 13.8. The molecule has 1 atom stereocenters. The van der Waals surface area contributed by atoms with Gasteiger partial charge in [0.05, 0.1) is 6.42 Å². The molecule has 0 spiro atoms. The standard InChI is InChI=1S/C15H16O3/c1-2-13(10-15(16)17)18-14-8-7-11-5-3-4-6-12(11)9-14/h3-9,13H,2,10H2,1H3,(H,16,17). The van der Waals surface area contributed by atoms with E-state index < -0.39 is 5.97 Å². The maximum Gasteiger partial charge on any atom is 0.307 e. The van der Waals surface area contributed by atoms with Gasteiger partial charge in [0.25, 0.3) is 0 Å². The van der Waals surface area contributed by atoms with Crippen LogP contribution >= 0.6 is 0 Å². The van der Waals surface area contributed by atoms with Crippen molar-refractivity contribution in [1.82, 2.24) is 0 Å². The molecule has 0 fully saturated rings. The molecule has 0 aromatic heterocycles. The molecule has 0 saturated carbocycles. The molecule has 0 aliphatic carbocycles. The summed E-state index contributed by atoms with van der Waals surface area (Å²) in [6.45, 7) is 1.93. The van der Waals surface area contributed by atoms with Crippen molar-refractivity contribution >= 4 is 16.7 Å². The summed E-state index contributed by atoms with van der Waals surface area (Å²) in [7, 11) is 0. The van der Waals surface area contributed by atoms with Gasteiger partial charge in [-0.15, -0.1) is 0 Å². The normalized spacial score (nSPS) is 12.3. The van der Waals surface area contributed by atoms with E-state index in [-0.39, 0.29) is 12.5 Å². The van der Waals surface area contributed by atoms with Gasteiger partial charge in [-0.3, -0.25) is 4.79 Å². The van der Waals surface area contributed by atoms with E-state index in [2.05, 4.69) is 0 Å². The van der Waals surface area contributed by atoms with Gasteiger partial charge >= 0.3 is 5.97 Å². The fourth-order valence-electron chi connectivity index (χ4n) is 1.90. The second-order valence-corrected chi connectivity index (χ2v) is 4.25. The third-order valence-corrected chi connectivity index (χ3v) is 2.88. The zero-order valence-electron chi connectivity index (χ0n) is 10.3. The van der Waals surface area contributed by atoms with Crippen molar-refractivity contribution in [1.29, 1.82) is 0 Å². The summed E-state index contributed by atoms with van der Waals surface area (Å²) in [6.07, 6.45) is 0.436. The van der Waals surface area contributed by atoms with Crippen molar-refractivity contribution in [2.24, 2.45) is 0 Å². The molecule has 0 aliphatic heterocycles. The molecule has 0 radical (unpaired) electrons. The number of aliphatic carboxylic acids is 1. The van der Waals surface area contributed by atoms with Crippen LogP contribution in [0.3, 0.4) is 0 Å². The number of benzene rings is 2. The van der Waals surface area contributed by atoms with Crippen LogP contribution < -0.4 is 4.74 Å². The predicted octanol–water partition coefficient (Wildman–Crippen LogP) is 3.47. The molecule has 3 heteroatoms. The van der Waals surface area contributed by atoms with Crippen molar-refractivity contribution in [3.05, 3.63) is 42.5 Å². The van der Waals surface area contributed by atoms with Crippen LogP contribution in [0.25, 0.3) is 10.8 Å². The van der Waals surface area contributed by atoms with Gasteiger partial charge in [-0.05, 0) is 29.3 Å². The summed E-state index contributed by atoms with van der Waals surface area (Å²) >= 11 is 0. The molecule has 1 N–H and O–H groups in total. The van der Waals surface area contributed by atoms with Crippen LogP contribution in [0, 0.1) is 0 Å². The molecule has 2 aromatic rings. The van der Waals surface area contributed by atoms with Crippen molar-refractivity contribution in [3.63, 3.8) is 0 Å². The molecule has 0 aliphatic rings. The SMILES string of the molecule is CCC(CC(=O)O)Oc1ccc2ccccc2c1. The third-order valence-electron chi connectivity index (χ3n) is 2.88. The molecular formula is C15H16O3. The molecular weight excluding hydrogens is 228 g/mol. The Kier molecular flexibility index (Phi) is 3.82. The highest BCUT2D eigenvalue weighted by Crippen LogP contribution is 2.22. The highest BCUT2D eigenvalue weighted by molar-refractivity contribution is 5.83. The van der Waals surface area contributed by atoms with Gasteiger partial charge in [0, 0.05) is 0 Å². The minimum atomic E-state index is -0.831. The molecule has 0 saturated heterocycles. The van der Waals surface area contributed by atoms with Gasteiger partial charge in [-0.2, -0.15) is 0 Å². The van der Waals surface area contributed by atoms with E-state index in [9.17, 15) is 4.79 Å². The zero-order valence-corrected chi connectivity index (χ0v) is 10.3. The van der Waals surface area contributed by atoms with Crippen molar-refractivity contribution in [2.75, 3.05) is 0 Å². The lowest BCUT2D eigenvalue weighted by Gasteiger charge is -2.16. The number of fused-ring (bicyclic) bond motifs is 1. The maximum absolute atomic E-state index is 10.7. The number of rotatable bonds is 5. The Morgan fingerprint density at radius 3 is 2.61 bits per heavy atom. The van der Waals surface area contributed by atoms with Crippen LogP contribution in [0.4, 0.5) is 0 Å². The fraction of sp³-hybridized carbons (Fsp3) is 0.267. The summed E-state index contributed by atoms with van der Waals surface area (Å²) in [5.41, 5.74) is 0. The third kappa shape index (κ3) is 3.00. The molecule has 1 unspecified atom stereocenters. The lowest BCUT2D eigenvalue weighted by Crippen LogP contribution is -2.19. The van der Waals surface area contributed by atoms with Crippen LogP contribution in [-0.2, 0) is 4.79 Å². The Hall–Kier alpha value is -2.03. The van der Waals surface area contributed by atoms with Crippen LogP contribution in [0.15, 0.2) is 42.5 Å². The summed E-state index contributed by atoms with van der Waals surface area (Å²) < 4.78 is 5.70. The first-order valence-corrected chi connectivity index (χ1v) is 6.06. The minimum absolute atomic E-state index is 0.0311. The van der Waals surface area contributed by atoms with Crippen LogP contribution in [0.5, 0.6) is 5.75 Å². The van der Waals surface area contributed by atoms with E-state index in [1.54, 1.807) is 0 Å². The van der Waals surface area contributed by atoms with Crippen LogP contribution in [0.2, 0.25) is 0 Å². The first kappa shape index (κ1) is 12.4. The molecule has 2 aromatic carbocycles. The maximum atomic E-state index is 10.7. The van der Waals surface area contributed by atoms with E-state index in [4.69, 9.17) is 9.84 Å². The van der Waals surface area contributed by atoms with Gasteiger partial charge < -0.3 is 9.84 Å². The molecule has 0 amide bonds. The second kappa shape index (κ2) is 5.54. The van der Waals surface area contributed by atoms with Crippen molar-refractivity contribution in [3.8, 4) is 5.75 Å². The number of carboxylic acids is 1. The highest BCUT2D eigenvalue weighted by atomic mass is 16.5. The largest absolute Gasteiger partial charge is 0.490 e. The number of carbonyl (C=O) groups is 1. The summed E-state index contributed by atoms with van der Waals surface area (Å²) in [5.74, 6) is -0.107. The number of hydrogen-bond donors (Lipinski definition) is 1. The Bertz CT molecular complexity index is 548. The van der Waals surface area contributed by atoms with Crippen molar-refractivity contribution < 1.29 is 14.6 Å². The zero-order chi connectivity index (χ0) is 13.0. The Morgan fingerprint density at radius 2 is 1.94 bits per heavy atom. The number of ether oxygens (including phenoxy) is 1. The Labute approximate surface area is 106 Å². The lowest BCUT2D eigenvalue weighted by atomic mass is 10.1. The topological polar surface area (TPSA) is 46.5 Å². The molecule has 18 heavy (non-hydrogen) atoms. The van der Waals surface area contributed by atoms with Crippen LogP contribution in [-0.4, -0.2) is 17.2 Å². The summed E-state index contributed by atoms with van der Waals surface area (Å²) in [5, 5.41) is 11.0. The average molecular weight is 244 g/mol. The van der Waals surface area contributed by atoms with E-state index in [0.717, 1.165) is 16.5 Å². The second-order valence-electron chi connectivity index (χ2n) is 4.25. The van der Waals surface area contributed by atoms with Gasteiger partial charge in [-0.1, -0.05) is 37.3 Å². The number of carboxylic acid groups (broad SMARTS) is 1. The van der Waals surface area contributed by atoms with Gasteiger partial charge in [0.1, 0.15) is 11.9 Å². The molecule has 0 heterocycles. The van der Waals surface area contributed by atoms with Crippen LogP contribution in [0.1, 0.15) is 19.8 Å². The number of hydrogen-bond acceptors (Lipinski definition) is 2. The van der Waals surface area contributed by atoms with Crippen molar-refractivity contribution in [2.45, 2.75) is 25.9 Å². The van der Waals surface area contributed by atoms with E-state index >= 15 is 0 Å². The first-order valence-electron chi connectivity index (χ1n) is 6.06. The fourth-order valence-corrected chi connectivity index (χ4v) is 1.90. The van der Waals surface area contributed by atoms with Gasteiger partial charge in [0.2, 0.25) is 0 Å². The molecule has 0 bridgehead atoms. The molecule has 3 nitrogen and oxygen atoms in total. The Morgan fingerprint density at radius 1 is 1.22 bits per heavy atom. The minimum Gasteiger partial charge on any atom is -0.490 e. The molecule has 2 rings (SSSR count). The van der Waals surface area contributed by atoms with E-state index in [1.165, 1.54) is 0 Å². The summed E-state index contributed by atoms with van der Waals surface area (Å²) in [4.78, 5) is 10.7. The quantitative estimate of drug-likeness (QED) is 0.876. The average Bonchev–Trinajstić information content (AvgIpc) is 2.37. The van der Waals surface area contributed by atoms with Gasteiger partial charge in [-0.25, -0.2) is 0 Å². The Balaban J connectivity index is 2.17. The van der Waals surface area contributed by atoms with E-state index in [0.29, 0.717) is 6.42 Å². The monoisotopic (exact) mass is 244 g/mol. The highest BCUT2D eigenvalue weighted by Gasteiger charge is 2.12. The smallest absolute Gasteiger partial charge is 0.307 e. The van der Waals surface area contributed by atoms with Gasteiger partial charge in [0.15, 0.2) is 0 Å². The lowest BCUT2D eigenvalue weighted by molar-refractivity contribution is -0.138. The van der Waals surface area contributed by atoms with E-state index in [1.807, 2.05) is 49.4 Å². The molecule has 94 valence electrons. The first-order chi connectivity index (χ1) is 8.69. The predicted molar refractivity (Wildman–Crippen MR) is 70.9 cm³/mol.